The number of aromatic nitrogens is 1. The van der Waals surface area contributed by atoms with Crippen LogP contribution in [-0.4, -0.2) is 63.8 Å². The van der Waals surface area contributed by atoms with Crippen molar-refractivity contribution in [1.29, 1.82) is 0 Å². The summed E-state index contributed by atoms with van der Waals surface area (Å²) in [5, 5.41) is 0. The van der Waals surface area contributed by atoms with E-state index < -0.39 is 0 Å². The number of urea groups is 1. The van der Waals surface area contributed by atoms with Crippen molar-refractivity contribution in [2.75, 3.05) is 26.2 Å². The van der Waals surface area contributed by atoms with E-state index in [0.29, 0.717) is 38.3 Å². The summed E-state index contributed by atoms with van der Waals surface area (Å²) < 4.78 is 0. The Labute approximate surface area is 153 Å². The predicted molar refractivity (Wildman–Crippen MR) is 97.6 cm³/mol. The highest BCUT2D eigenvalue weighted by molar-refractivity contribution is 5.94. The number of carbonyl (C=O) groups is 2. The smallest absolute Gasteiger partial charge is 0.320 e. The summed E-state index contributed by atoms with van der Waals surface area (Å²) in [5.74, 6) is 0.0106. The van der Waals surface area contributed by atoms with E-state index in [0.717, 1.165) is 5.56 Å². The molecule has 0 spiro atoms. The van der Waals surface area contributed by atoms with Gasteiger partial charge in [0.1, 0.15) is 0 Å². The van der Waals surface area contributed by atoms with Crippen molar-refractivity contribution in [3.05, 3.63) is 65.5 Å². The molecule has 3 heterocycles. The minimum absolute atomic E-state index is 0.0106. The molecule has 0 N–H and O–H groups in total. The summed E-state index contributed by atoms with van der Waals surface area (Å²) in [5.41, 5.74) is 2.99. The van der Waals surface area contributed by atoms with Gasteiger partial charge in [0, 0.05) is 50.7 Å². The zero-order valence-electron chi connectivity index (χ0n) is 14.8. The van der Waals surface area contributed by atoms with E-state index >= 15 is 0 Å². The maximum absolute atomic E-state index is 12.7. The molecule has 2 saturated heterocycles. The lowest BCUT2D eigenvalue weighted by atomic mass is 10.1. The lowest BCUT2D eigenvalue weighted by molar-refractivity contribution is 0.0617. The van der Waals surface area contributed by atoms with E-state index in [-0.39, 0.29) is 18.0 Å². The number of carbonyl (C=O) groups excluding carboxylic acids is 2. The van der Waals surface area contributed by atoms with Gasteiger partial charge in [0.15, 0.2) is 0 Å². The Bertz CT molecular complexity index is 806. The van der Waals surface area contributed by atoms with Crippen LogP contribution in [0.5, 0.6) is 0 Å². The Morgan fingerprint density at radius 1 is 1.08 bits per heavy atom. The zero-order valence-corrected chi connectivity index (χ0v) is 14.8. The van der Waals surface area contributed by atoms with E-state index in [4.69, 9.17) is 0 Å². The molecular formula is C20H22N4O2. The van der Waals surface area contributed by atoms with E-state index in [2.05, 4.69) is 36.2 Å². The molecule has 0 radical (unpaired) electrons. The fourth-order valence-electron chi connectivity index (χ4n) is 3.69. The molecule has 0 aliphatic carbocycles. The van der Waals surface area contributed by atoms with Gasteiger partial charge < -0.3 is 14.7 Å². The SMILES string of the molecule is Cc1ccc(CN2C[C@H]3CN(C(=O)c4ccncc4)CCN3C2=O)cc1. The second-order valence-electron chi connectivity index (χ2n) is 6.98. The van der Waals surface area contributed by atoms with Crippen LogP contribution in [0.2, 0.25) is 0 Å². The Hall–Kier alpha value is -2.89. The molecule has 1 aromatic carbocycles. The Kier molecular flexibility index (Phi) is 4.32. The molecule has 1 aromatic heterocycles. The Morgan fingerprint density at radius 3 is 2.54 bits per heavy atom. The monoisotopic (exact) mass is 350 g/mol. The quantitative estimate of drug-likeness (QED) is 0.852. The lowest BCUT2D eigenvalue weighted by Gasteiger charge is -2.36. The van der Waals surface area contributed by atoms with Crippen LogP contribution in [0, 0.1) is 6.92 Å². The van der Waals surface area contributed by atoms with Gasteiger partial charge in [-0.3, -0.25) is 9.78 Å². The second kappa shape index (κ2) is 6.78. The van der Waals surface area contributed by atoms with Crippen LogP contribution >= 0.6 is 0 Å². The number of fused-ring (bicyclic) bond motifs is 1. The van der Waals surface area contributed by atoms with Crippen LogP contribution in [0.15, 0.2) is 48.8 Å². The second-order valence-corrected chi connectivity index (χ2v) is 6.98. The first kappa shape index (κ1) is 16.6. The van der Waals surface area contributed by atoms with Gasteiger partial charge in [0.25, 0.3) is 5.91 Å². The summed E-state index contributed by atoms with van der Waals surface area (Å²) in [6, 6.07) is 11.9. The maximum Gasteiger partial charge on any atom is 0.320 e. The first-order valence-corrected chi connectivity index (χ1v) is 8.92. The average molecular weight is 350 g/mol. The number of rotatable bonds is 3. The van der Waals surface area contributed by atoms with Crippen LogP contribution in [0.3, 0.4) is 0 Å². The molecule has 1 atom stereocenters. The molecule has 6 heteroatoms. The molecule has 26 heavy (non-hydrogen) atoms. The Balaban J connectivity index is 1.43. The highest BCUT2D eigenvalue weighted by Crippen LogP contribution is 2.23. The van der Waals surface area contributed by atoms with E-state index in [1.165, 1.54) is 5.56 Å². The van der Waals surface area contributed by atoms with Gasteiger partial charge in [-0.1, -0.05) is 29.8 Å². The normalized spacial score (nSPS) is 19.7. The molecule has 2 aliphatic heterocycles. The summed E-state index contributed by atoms with van der Waals surface area (Å²) in [4.78, 5) is 35.0. The molecule has 0 unspecified atom stereocenters. The number of hydrogen-bond acceptors (Lipinski definition) is 3. The molecule has 2 aromatic rings. The van der Waals surface area contributed by atoms with Crippen molar-refractivity contribution in [3.63, 3.8) is 0 Å². The third-order valence-corrected chi connectivity index (χ3v) is 5.14. The zero-order chi connectivity index (χ0) is 18.1. The highest BCUT2D eigenvalue weighted by Gasteiger charge is 2.41. The number of aryl methyl sites for hydroxylation is 1. The van der Waals surface area contributed by atoms with Crippen LogP contribution in [-0.2, 0) is 6.54 Å². The van der Waals surface area contributed by atoms with Crippen molar-refractivity contribution >= 4 is 11.9 Å². The van der Waals surface area contributed by atoms with Gasteiger partial charge in [-0.15, -0.1) is 0 Å². The Morgan fingerprint density at radius 2 is 1.81 bits per heavy atom. The molecule has 134 valence electrons. The van der Waals surface area contributed by atoms with E-state index in [9.17, 15) is 9.59 Å². The molecule has 3 amide bonds. The van der Waals surface area contributed by atoms with Gasteiger partial charge >= 0.3 is 6.03 Å². The maximum atomic E-state index is 12.7. The summed E-state index contributed by atoms with van der Waals surface area (Å²) >= 11 is 0. The van der Waals surface area contributed by atoms with Crippen molar-refractivity contribution < 1.29 is 9.59 Å². The van der Waals surface area contributed by atoms with Crippen molar-refractivity contribution in [3.8, 4) is 0 Å². The van der Waals surface area contributed by atoms with Crippen LogP contribution in [0.4, 0.5) is 4.79 Å². The number of amides is 3. The van der Waals surface area contributed by atoms with Gasteiger partial charge in [0.2, 0.25) is 0 Å². The molecular weight excluding hydrogens is 328 g/mol. The summed E-state index contributed by atoms with van der Waals surface area (Å²) in [7, 11) is 0. The molecule has 2 aliphatic rings. The van der Waals surface area contributed by atoms with E-state index in [1.807, 2.05) is 14.7 Å². The number of nitrogens with zero attached hydrogens (tertiary/aromatic N) is 4. The number of pyridine rings is 1. The number of benzene rings is 1. The minimum Gasteiger partial charge on any atom is -0.335 e. The minimum atomic E-state index is 0.0106. The topological polar surface area (TPSA) is 56.8 Å². The van der Waals surface area contributed by atoms with E-state index in [1.54, 1.807) is 24.5 Å². The predicted octanol–water partition coefficient (Wildman–Crippen LogP) is 2.15. The van der Waals surface area contributed by atoms with Gasteiger partial charge in [-0.05, 0) is 24.6 Å². The lowest BCUT2D eigenvalue weighted by Crippen LogP contribution is -2.53. The highest BCUT2D eigenvalue weighted by atomic mass is 16.2. The largest absolute Gasteiger partial charge is 0.335 e. The molecule has 0 saturated carbocycles. The summed E-state index contributed by atoms with van der Waals surface area (Å²) in [6.45, 7) is 5.07. The first-order chi connectivity index (χ1) is 12.6. The van der Waals surface area contributed by atoms with Crippen LogP contribution < -0.4 is 0 Å². The number of hydrogen-bond donors (Lipinski definition) is 0. The van der Waals surface area contributed by atoms with Gasteiger partial charge in [-0.2, -0.15) is 0 Å². The van der Waals surface area contributed by atoms with Crippen LogP contribution in [0.25, 0.3) is 0 Å². The third-order valence-electron chi connectivity index (χ3n) is 5.14. The fourth-order valence-corrected chi connectivity index (χ4v) is 3.69. The standard InChI is InChI=1S/C20H22N4O2/c1-15-2-4-16(5-3-15)12-23-14-18-13-22(10-11-24(18)20(23)26)19(25)17-6-8-21-9-7-17/h2-9,18H,10-14H2,1H3/t18-/m1/s1. The summed E-state index contributed by atoms with van der Waals surface area (Å²) in [6.07, 6.45) is 3.26. The molecule has 4 rings (SSSR count). The number of piperazine rings is 1. The van der Waals surface area contributed by atoms with Gasteiger partial charge in [0.05, 0.1) is 6.04 Å². The van der Waals surface area contributed by atoms with Gasteiger partial charge in [-0.25, -0.2) is 4.79 Å². The third kappa shape index (κ3) is 3.14. The fraction of sp³-hybridized carbons (Fsp3) is 0.350. The van der Waals surface area contributed by atoms with Crippen molar-refractivity contribution in [2.24, 2.45) is 0 Å². The molecule has 2 fully saturated rings. The molecule has 0 bridgehead atoms. The van der Waals surface area contributed by atoms with Crippen LogP contribution in [0.1, 0.15) is 21.5 Å². The first-order valence-electron chi connectivity index (χ1n) is 8.92. The van der Waals surface area contributed by atoms with Crippen molar-refractivity contribution in [1.82, 2.24) is 19.7 Å². The van der Waals surface area contributed by atoms with Crippen molar-refractivity contribution in [2.45, 2.75) is 19.5 Å². The average Bonchev–Trinajstić information content (AvgIpc) is 2.98. The molecule has 6 nitrogen and oxygen atoms in total.